The molecule has 1 fully saturated rings. The van der Waals surface area contributed by atoms with Gasteiger partial charge in [-0.3, -0.25) is 14.6 Å². The number of furan rings is 1. The Bertz CT molecular complexity index is 900. The molecule has 1 aromatic carbocycles. The van der Waals surface area contributed by atoms with Crippen LogP contribution in [0.3, 0.4) is 0 Å². The fourth-order valence-corrected chi connectivity index (χ4v) is 3.51. The molecule has 2 heterocycles. The number of carbonyl (C=O) groups excluding carboxylic acids is 2. The molecule has 8 nitrogen and oxygen atoms in total. The summed E-state index contributed by atoms with van der Waals surface area (Å²) in [5.74, 6) is 1.16. The van der Waals surface area contributed by atoms with Crippen molar-refractivity contribution in [2.45, 2.75) is 13.3 Å². The van der Waals surface area contributed by atoms with Gasteiger partial charge in [0.2, 0.25) is 0 Å². The molecule has 0 aliphatic carbocycles. The monoisotopic (exact) mass is 425 g/mol. The Morgan fingerprint density at radius 1 is 1.10 bits per heavy atom. The fourth-order valence-electron chi connectivity index (χ4n) is 3.51. The molecule has 0 unspecified atom stereocenters. The first-order valence-corrected chi connectivity index (χ1v) is 10.7. The zero-order valence-electron chi connectivity index (χ0n) is 18.5. The van der Waals surface area contributed by atoms with Crippen molar-refractivity contribution in [2.24, 2.45) is 4.99 Å². The Morgan fingerprint density at radius 2 is 1.84 bits per heavy atom. The maximum Gasteiger partial charge on any atom is 0.289 e. The number of amides is 2. The van der Waals surface area contributed by atoms with E-state index in [0.717, 1.165) is 24.5 Å². The molecule has 0 saturated carbocycles. The molecule has 8 heteroatoms. The molecule has 0 spiro atoms. The summed E-state index contributed by atoms with van der Waals surface area (Å²) < 4.78 is 5.23. The van der Waals surface area contributed by atoms with Gasteiger partial charge < -0.3 is 24.4 Å². The van der Waals surface area contributed by atoms with E-state index in [4.69, 9.17) is 9.41 Å². The van der Waals surface area contributed by atoms with Crippen LogP contribution in [-0.4, -0.2) is 85.8 Å². The predicted molar refractivity (Wildman–Crippen MR) is 120 cm³/mol. The van der Waals surface area contributed by atoms with Gasteiger partial charge in [-0.1, -0.05) is 12.1 Å². The van der Waals surface area contributed by atoms with E-state index < -0.39 is 0 Å². The molecule has 31 heavy (non-hydrogen) atoms. The Labute approximate surface area is 183 Å². The average Bonchev–Trinajstić information content (AvgIpc) is 3.33. The van der Waals surface area contributed by atoms with Crippen LogP contribution in [0.4, 0.5) is 0 Å². The summed E-state index contributed by atoms with van der Waals surface area (Å²) in [6, 6.07) is 11.1. The molecule has 3 rings (SSSR count). The Kier molecular flexibility index (Phi) is 7.70. The summed E-state index contributed by atoms with van der Waals surface area (Å²) in [7, 11) is 3.51. The van der Waals surface area contributed by atoms with Gasteiger partial charge in [-0.05, 0) is 43.2 Å². The lowest BCUT2D eigenvalue weighted by Crippen LogP contribution is -2.53. The molecule has 0 atom stereocenters. The zero-order chi connectivity index (χ0) is 22.2. The third-order valence-electron chi connectivity index (χ3n) is 5.18. The van der Waals surface area contributed by atoms with Gasteiger partial charge in [-0.15, -0.1) is 0 Å². The van der Waals surface area contributed by atoms with Crippen LogP contribution in [0.25, 0.3) is 0 Å². The SMILES string of the molecule is CCNC(=NCCc1cccc(C(=O)N(C)C)c1)N1CCN(C(=O)c2ccco2)CC1. The van der Waals surface area contributed by atoms with Crippen molar-refractivity contribution in [3.63, 3.8) is 0 Å². The maximum absolute atomic E-state index is 12.5. The standard InChI is InChI=1S/C23H31N5O3/c1-4-24-23(25-11-10-18-7-5-8-19(17-18)21(29)26(2)3)28-14-12-27(13-15-28)22(30)20-9-6-16-31-20/h5-9,16-17H,4,10-15H2,1-3H3,(H,24,25). The number of aliphatic imine (C=N–C) groups is 1. The van der Waals surface area contributed by atoms with Crippen LogP contribution in [0.15, 0.2) is 52.1 Å². The summed E-state index contributed by atoms with van der Waals surface area (Å²) >= 11 is 0. The van der Waals surface area contributed by atoms with Gasteiger partial charge in [-0.2, -0.15) is 0 Å². The highest BCUT2D eigenvalue weighted by Gasteiger charge is 2.25. The lowest BCUT2D eigenvalue weighted by molar-refractivity contribution is 0.0657. The van der Waals surface area contributed by atoms with Crippen LogP contribution in [0.2, 0.25) is 0 Å². The summed E-state index contributed by atoms with van der Waals surface area (Å²) in [5.41, 5.74) is 1.77. The van der Waals surface area contributed by atoms with E-state index in [2.05, 4.69) is 10.2 Å². The molecule has 0 bridgehead atoms. The van der Waals surface area contributed by atoms with Crippen LogP contribution < -0.4 is 5.32 Å². The number of piperazine rings is 1. The number of nitrogens with one attached hydrogen (secondary N) is 1. The van der Waals surface area contributed by atoms with E-state index in [-0.39, 0.29) is 11.8 Å². The highest BCUT2D eigenvalue weighted by molar-refractivity contribution is 5.94. The third-order valence-corrected chi connectivity index (χ3v) is 5.18. The molecular formula is C23H31N5O3. The van der Waals surface area contributed by atoms with Gasteiger partial charge in [0.05, 0.1) is 6.26 Å². The maximum atomic E-state index is 12.5. The molecule has 0 radical (unpaired) electrons. The van der Waals surface area contributed by atoms with E-state index >= 15 is 0 Å². The van der Waals surface area contributed by atoms with E-state index in [1.54, 1.807) is 31.1 Å². The lowest BCUT2D eigenvalue weighted by atomic mass is 10.1. The van der Waals surface area contributed by atoms with Gasteiger partial charge in [0, 0.05) is 58.9 Å². The minimum absolute atomic E-state index is 0.000608. The molecule has 1 N–H and O–H groups in total. The Balaban J connectivity index is 1.57. The van der Waals surface area contributed by atoms with Crippen molar-refractivity contribution in [1.29, 1.82) is 0 Å². The van der Waals surface area contributed by atoms with E-state index in [1.165, 1.54) is 6.26 Å². The van der Waals surface area contributed by atoms with Crippen LogP contribution in [0, 0.1) is 0 Å². The fraction of sp³-hybridized carbons (Fsp3) is 0.435. The molecule has 1 aliphatic heterocycles. The van der Waals surface area contributed by atoms with Crippen molar-refractivity contribution < 1.29 is 14.0 Å². The van der Waals surface area contributed by atoms with Gasteiger partial charge in [0.1, 0.15) is 0 Å². The Hall–Kier alpha value is -3.29. The zero-order valence-corrected chi connectivity index (χ0v) is 18.5. The Morgan fingerprint density at radius 3 is 2.48 bits per heavy atom. The molecule has 166 valence electrons. The van der Waals surface area contributed by atoms with Crippen LogP contribution in [-0.2, 0) is 6.42 Å². The van der Waals surface area contributed by atoms with E-state index in [0.29, 0.717) is 44.0 Å². The number of hydrogen-bond donors (Lipinski definition) is 1. The van der Waals surface area contributed by atoms with Crippen LogP contribution in [0.5, 0.6) is 0 Å². The third kappa shape index (κ3) is 5.87. The predicted octanol–water partition coefficient (Wildman–Crippen LogP) is 1.95. The van der Waals surface area contributed by atoms with E-state index in [9.17, 15) is 9.59 Å². The number of guanidine groups is 1. The van der Waals surface area contributed by atoms with Crippen molar-refractivity contribution in [1.82, 2.24) is 20.0 Å². The first kappa shape index (κ1) is 22.4. The van der Waals surface area contributed by atoms with Crippen molar-refractivity contribution >= 4 is 17.8 Å². The number of carbonyl (C=O) groups is 2. The quantitative estimate of drug-likeness (QED) is 0.565. The second-order valence-corrected chi connectivity index (χ2v) is 7.64. The topological polar surface area (TPSA) is 81.4 Å². The number of nitrogens with zero attached hydrogens (tertiary/aromatic N) is 4. The minimum atomic E-state index is -0.0706. The number of rotatable bonds is 6. The second kappa shape index (κ2) is 10.7. The van der Waals surface area contributed by atoms with Crippen LogP contribution in [0.1, 0.15) is 33.4 Å². The summed E-state index contributed by atoms with van der Waals surface area (Å²) in [6.45, 7) is 6.11. The first-order valence-electron chi connectivity index (χ1n) is 10.7. The minimum Gasteiger partial charge on any atom is -0.459 e. The molecular weight excluding hydrogens is 394 g/mol. The van der Waals surface area contributed by atoms with Crippen LogP contribution >= 0.6 is 0 Å². The van der Waals surface area contributed by atoms with Crippen molar-refractivity contribution in [3.8, 4) is 0 Å². The van der Waals surface area contributed by atoms with Crippen molar-refractivity contribution in [3.05, 3.63) is 59.5 Å². The van der Waals surface area contributed by atoms with Gasteiger partial charge >= 0.3 is 0 Å². The second-order valence-electron chi connectivity index (χ2n) is 7.64. The molecule has 2 aromatic rings. The molecule has 1 aliphatic rings. The van der Waals surface area contributed by atoms with Gasteiger partial charge in [-0.25, -0.2) is 0 Å². The highest BCUT2D eigenvalue weighted by Crippen LogP contribution is 2.11. The number of hydrogen-bond acceptors (Lipinski definition) is 4. The van der Waals surface area contributed by atoms with Gasteiger partial charge in [0.25, 0.3) is 11.8 Å². The summed E-state index contributed by atoms with van der Waals surface area (Å²) in [4.78, 5) is 35.0. The first-order chi connectivity index (χ1) is 15.0. The molecule has 1 saturated heterocycles. The average molecular weight is 426 g/mol. The van der Waals surface area contributed by atoms with Gasteiger partial charge in [0.15, 0.2) is 11.7 Å². The summed E-state index contributed by atoms with van der Waals surface area (Å²) in [6.07, 6.45) is 2.27. The highest BCUT2D eigenvalue weighted by atomic mass is 16.3. The van der Waals surface area contributed by atoms with E-state index in [1.807, 2.05) is 36.1 Å². The smallest absolute Gasteiger partial charge is 0.289 e. The normalized spacial score (nSPS) is 14.5. The largest absolute Gasteiger partial charge is 0.459 e. The lowest BCUT2D eigenvalue weighted by Gasteiger charge is -2.36. The number of benzene rings is 1. The van der Waals surface area contributed by atoms with Crippen molar-refractivity contribution in [2.75, 3.05) is 53.4 Å². The molecule has 1 aromatic heterocycles. The summed E-state index contributed by atoms with van der Waals surface area (Å²) in [5, 5.41) is 3.35. The molecule has 2 amide bonds.